The summed E-state index contributed by atoms with van der Waals surface area (Å²) in [6, 6.07) is 104. The van der Waals surface area contributed by atoms with Crippen LogP contribution in [0.4, 0.5) is 17.1 Å². The quantitative estimate of drug-likeness (QED) is 0.130. The largest absolute Gasteiger partial charge is 0.309 e. The Labute approximate surface area is 439 Å². The Morgan fingerprint density at radius 3 is 1.57 bits per heavy atom. The van der Waals surface area contributed by atoms with Crippen molar-refractivity contribution in [2.75, 3.05) is 4.90 Å². The summed E-state index contributed by atoms with van der Waals surface area (Å²) in [5.41, 5.74) is 17.6. The molecule has 75 heavy (non-hydrogen) atoms. The van der Waals surface area contributed by atoms with Gasteiger partial charge in [0.15, 0.2) is 0 Å². The molecule has 2 unspecified atom stereocenters. The van der Waals surface area contributed by atoms with Crippen LogP contribution in [0.15, 0.2) is 297 Å². The van der Waals surface area contributed by atoms with Gasteiger partial charge in [0.1, 0.15) is 0 Å². The van der Waals surface area contributed by atoms with E-state index < -0.39 is 5.41 Å². The van der Waals surface area contributed by atoms with Crippen molar-refractivity contribution >= 4 is 55.0 Å². The molecule has 12 aromatic carbocycles. The Morgan fingerprint density at radius 1 is 0.347 bits per heavy atom. The molecule has 354 valence electrons. The SMILES string of the molecule is CC12C(c3ccc(N(c4ccccc4-c4cccc5c4ccc4ccccc45)c4ccccc4-c4cccc5cccc(-c6ccccc6)c45)cc3)=CC=CC1C(c1ccccc1)(c1ccccc1)c1ccccc12. The minimum Gasteiger partial charge on any atom is -0.309 e. The molecule has 2 aliphatic carbocycles. The summed E-state index contributed by atoms with van der Waals surface area (Å²) < 4.78 is 0. The van der Waals surface area contributed by atoms with Gasteiger partial charge in [0, 0.05) is 28.1 Å². The molecule has 2 aliphatic rings. The van der Waals surface area contributed by atoms with Gasteiger partial charge in [0.05, 0.1) is 16.8 Å². The maximum atomic E-state index is 2.51. The lowest BCUT2D eigenvalue weighted by Gasteiger charge is -2.44. The highest BCUT2D eigenvalue weighted by Gasteiger charge is 2.60. The summed E-state index contributed by atoms with van der Waals surface area (Å²) in [5, 5.41) is 7.43. The second-order valence-corrected chi connectivity index (χ2v) is 20.4. The van der Waals surface area contributed by atoms with E-state index in [1.807, 2.05) is 0 Å². The number of anilines is 3. The lowest BCUT2D eigenvalue weighted by molar-refractivity contribution is 0.377. The molecule has 0 radical (unpaired) electrons. The maximum absolute atomic E-state index is 2.51. The van der Waals surface area contributed by atoms with Gasteiger partial charge in [-0.15, -0.1) is 0 Å². The smallest absolute Gasteiger partial charge is 0.0540 e. The van der Waals surface area contributed by atoms with Gasteiger partial charge >= 0.3 is 0 Å². The summed E-state index contributed by atoms with van der Waals surface area (Å²) >= 11 is 0. The predicted molar refractivity (Wildman–Crippen MR) is 317 cm³/mol. The first-order valence-corrected chi connectivity index (χ1v) is 26.3. The van der Waals surface area contributed by atoms with E-state index in [-0.39, 0.29) is 11.3 Å². The van der Waals surface area contributed by atoms with Gasteiger partial charge in [0.2, 0.25) is 0 Å². The molecule has 0 amide bonds. The van der Waals surface area contributed by atoms with Crippen LogP contribution in [0.2, 0.25) is 0 Å². The molecule has 12 aromatic rings. The lowest BCUT2D eigenvalue weighted by Crippen LogP contribution is -2.41. The Bertz CT molecular complexity index is 4140. The standard InChI is InChI=1S/C74H53N/c1-73-66(41-22-44-71(73)74(55-28-7-3-8-29-55,56-30-9-4-10-31-56)68-40-16-15-39-67(68)73)53-45-48-57(49-46-53)75(69-42-17-13-33-63(69)61-37-21-36-60-58-32-12-11-25-52(58)47-50-62(60)61)70-43-18-14-34-64(70)65-38-20-27-54-26-19-35-59(72(54)65)51-23-5-2-6-24-51/h2-50,71H,1H3. The molecule has 0 heterocycles. The first-order chi connectivity index (χ1) is 37.1. The van der Waals surface area contributed by atoms with Crippen molar-refractivity contribution in [3.63, 3.8) is 0 Å². The van der Waals surface area contributed by atoms with E-state index in [1.165, 1.54) is 88.0 Å². The Morgan fingerprint density at radius 2 is 0.867 bits per heavy atom. The van der Waals surface area contributed by atoms with Crippen molar-refractivity contribution in [2.24, 2.45) is 5.92 Å². The number of hydrogen-bond acceptors (Lipinski definition) is 1. The number of para-hydroxylation sites is 2. The van der Waals surface area contributed by atoms with E-state index in [9.17, 15) is 0 Å². The summed E-state index contributed by atoms with van der Waals surface area (Å²) in [4.78, 5) is 2.51. The first kappa shape index (κ1) is 44.4. The predicted octanol–water partition coefficient (Wildman–Crippen LogP) is 19.5. The van der Waals surface area contributed by atoms with Gasteiger partial charge in [-0.25, -0.2) is 0 Å². The maximum Gasteiger partial charge on any atom is 0.0540 e. The third kappa shape index (κ3) is 6.92. The van der Waals surface area contributed by atoms with Crippen LogP contribution < -0.4 is 4.90 Å². The van der Waals surface area contributed by atoms with Crippen molar-refractivity contribution in [3.05, 3.63) is 325 Å². The van der Waals surface area contributed by atoms with E-state index in [4.69, 9.17) is 0 Å². The van der Waals surface area contributed by atoms with Crippen LogP contribution in [0.25, 0.3) is 71.3 Å². The van der Waals surface area contributed by atoms with Crippen molar-refractivity contribution in [1.82, 2.24) is 0 Å². The second kappa shape index (κ2) is 18.0. The number of allylic oxidation sites excluding steroid dienone is 4. The van der Waals surface area contributed by atoms with E-state index in [2.05, 4.69) is 309 Å². The number of benzene rings is 12. The zero-order chi connectivity index (χ0) is 49.9. The number of hydrogen-bond donors (Lipinski definition) is 0. The minimum absolute atomic E-state index is 0.112. The van der Waals surface area contributed by atoms with Gasteiger partial charge in [-0.2, -0.15) is 0 Å². The molecule has 14 rings (SSSR count). The normalized spacial score (nSPS) is 16.4. The van der Waals surface area contributed by atoms with E-state index >= 15 is 0 Å². The zero-order valence-corrected chi connectivity index (χ0v) is 41.8. The highest BCUT2D eigenvalue weighted by molar-refractivity contribution is 6.14. The molecule has 0 bridgehead atoms. The minimum atomic E-state index is -0.399. The topological polar surface area (TPSA) is 3.24 Å². The zero-order valence-electron chi connectivity index (χ0n) is 41.8. The fraction of sp³-hybridized carbons (Fsp3) is 0.0541. The van der Waals surface area contributed by atoms with Gasteiger partial charge in [0.25, 0.3) is 0 Å². The second-order valence-electron chi connectivity index (χ2n) is 20.4. The van der Waals surface area contributed by atoms with Crippen molar-refractivity contribution < 1.29 is 0 Å². The van der Waals surface area contributed by atoms with Gasteiger partial charge in [-0.3, -0.25) is 0 Å². The van der Waals surface area contributed by atoms with E-state index in [1.54, 1.807) is 0 Å². The van der Waals surface area contributed by atoms with E-state index in [0.717, 1.165) is 28.2 Å². The fourth-order valence-electron chi connectivity index (χ4n) is 13.5. The Kier molecular flexibility index (Phi) is 10.7. The van der Waals surface area contributed by atoms with Crippen LogP contribution in [-0.2, 0) is 10.8 Å². The molecule has 1 heteroatoms. The molecular formula is C74H53N. The summed E-state index contributed by atoms with van der Waals surface area (Å²) in [7, 11) is 0. The first-order valence-electron chi connectivity index (χ1n) is 26.3. The highest BCUT2D eigenvalue weighted by atomic mass is 15.1. The number of rotatable bonds is 9. The summed E-state index contributed by atoms with van der Waals surface area (Å²) in [5.74, 6) is 0.112. The highest BCUT2D eigenvalue weighted by Crippen LogP contribution is 2.65. The van der Waals surface area contributed by atoms with Crippen LogP contribution in [0.3, 0.4) is 0 Å². The van der Waals surface area contributed by atoms with Crippen LogP contribution in [0, 0.1) is 5.92 Å². The average molecular weight is 956 g/mol. The molecule has 0 saturated carbocycles. The van der Waals surface area contributed by atoms with Crippen LogP contribution in [-0.4, -0.2) is 0 Å². The van der Waals surface area contributed by atoms with Crippen LogP contribution >= 0.6 is 0 Å². The third-order valence-electron chi connectivity index (χ3n) is 16.7. The molecule has 2 atom stereocenters. The number of fused-ring (bicyclic) bond motifs is 7. The molecule has 0 fully saturated rings. The molecule has 0 aliphatic heterocycles. The van der Waals surface area contributed by atoms with Crippen molar-refractivity contribution in [3.8, 4) is 33.4 Å². The molecule has 0 spiro atoms. The van der Waals surface area contributed by atoms with Crippen molar-refractivity contribution in [1.29, 1.82) is 0 Å². The average Bonchev–Trinajstić information content (AvgIpc) is 3.78. The monoisotopic (exact) mass is 955 g/mol. The van der Waals surface area contributed by atoms with Gasteiger partial charge in [-0.1, -0.05) is 280 Å². The third-order valence-corrected chi connectivity index (χ3v) is 16.7. The summed E-state index contributed by atoms with van der Waals surface area (Å²) in [6.07, 6.45) is 7.19. The molecular weight excluding hydrogens is 903 g/mol. The molecule has 0 aromatic heterocycles. The fourth-order valence-corrected chi connectivity index (χ4v) is 13.5. The number of nitrogens with zero attached hydrogens (tertiary/aromatic N) is 1. The van der Waals surface area contributed by atoms with Crippen LogP contribution in [0.5, 0.6) is 0 Å². The Balaban J connectivity index is 0.970. The molecule has 0 N–H and O–H groups in total. The Hall–Kier alpha value is -9.30. The lowest BCUT2D eigenvalue weighted by atomic mass is 9.57. The van der Waals surface area contributed by atoms with Gasteiger partial charge < -0.3 is 4.90 Å². The molecule has 1 nitrogen and oxygen atoms in total. The summed E-state index contributed by atoms with van der Waals surface area (Å²) in [6.45, 7) is 2.49. The van der Waals surface area contributed by atoms with Gasteiger partial charge in [-0.05, 0) is 112 Å². The van der Waals surface area contributed by atoms with Crippen LogP contribution in [0.1, 0.15) is 34.7 Å². The van der Waals surface area contributed by atoms with E-state index in [0.29, 0.717) is 0 Å². The van der Waals surface area contributed by atoms with Crippen molar-refractivity contribution in [2.45, 2.75) is 17.8 Å². The molecule has 0 saturated heterocycles.